The summed E-state index contributed by atoms with van der Waals surface area (Å²) in [4.78, 5) is 27.0. The molecule has 3 aliphatic heterocycles. The molecule has 3 aliphatic rings. The second kappa shape index (κ2) is 4.51. The van der Waals surface area contributed by atoms with E-state index in [2.05, 4.69) is 10.2 Å². The summed E-state index contributed by atoms with van der Waals surface area (Å²) in [6, 6.07) is 0.353. The number of piperidine rings is 1. The lowest BCUT2D eigenvalue weighted by Gasteiger charge is -2.37. The normalized spacial score (nSPS) is 35.9. The van der Waals surface area contributed by atoms with Gasteiger partial charge in [0.25, 0.3) is 0 Å². The van der Waals surface area contributed by atoms with Crippen molar-refractivity contribution in [1.29, 1.82) is 0 Å². The maximum absolute atomic E-state index is 12.1. The minimum Gasteiger partial charge on any atom is -0.393 e. The lowest BCUT2D eigenvalue weighted by atomic mass is 10.00. The molecule has 3 amide bonds. The monoisotopic (exact) mass is 253 g/mol. The summed E-state index contributed by atoms with van der Waals surface area (Å²) in [7, 11) is 0. The van der Waals surface area contributed by atoms with E-state index >= 15 is 0 Å². The van der Waals surface area contributed by atoms with Gasteiger partial charge in [0.1, 0.15) is 0 Å². The average Bonchev–Trinajstić information content (AvgIpc) is 2.83. The van der Waals surface area contributed by atoms with Crippen molar-refractivity contribution in [3.05, 3.63) is 0 Å². The molecule has 0 aromatic carbocycles. The van der Waals surface area contributed by atoms with Crippen molar-refractivity contribution in [2.45, 2.75) is 43.9 Å². The van der Waals surface area contributed by atoms with Crippen LogP contribution in [0.15, 0.2) is 0 Å². The second-order valence-corrected chi connectivity index (χ2v) is 5.46. The molecule has 3 rings (SSSR count). The molecule has 2 N–H and O–H groups in total. The molecular formula is C12H19N3O3. The Kier molecular flexibility index (Phi) is 2.99. The SMILES string of the molecule is O=C(CN1C2CCC1CC(O)C2)N1CCNC1=O. The fourth-order valence-electron chi connectivity index (χ4n) is 3.45. The van der Waals surface area contributed by atoms with Gasteiger partial charge < -0.3 is 10.4 Å². The molecule has 0 aromatic heterocycles. The van der Waals surface area contributed by atoms with Crippen LogP contribution in [0.1, 0.15) is 25.7 Å². The maximum Gasteiger partial charge on any atom is 0.324 e. The summed E-state index contributed by atoms with van der Waals surface area (Å²) in [5, 5.41) is 12.3. The number of nitrogens with one attached hydrogen (secondary N) is 1. The van der Waals surface area contributed by atoms with Crippen molar-refractivity contribution < 1.29 is 14.7 Å². The molecule has 18 heavy (non-hydrogen) atoms. The van der Waals surface area contributed by atoms with Gasteiger partial charge in [-0.15, -0.1) is 0 Å². The summed E-state index contributed by atoms with van der Waals surface area (Å²) in [5.41, 5.74) is 0. The second-order valence-electron chi connectivity index (χ2n) is 5.46. The minimum atomic E-state index is -0.274. The van der Waals surface area contributed by atoms with Crippen LogP contribution in [0.25, 0.3) is 0 Å². The largest absolute Gasteiger partial charge is 0.393 e. The first-order chi connectivity index (χ1) is 8.65. The zero-order valence-electron chi connectivity index (χ0n) is 10.3. The molecule has 6 nitrogen and oxygen atoms in total. The van der Waals surface area contributed by atoms with E-state index in [4.69, 9.17) is 0 Å². The van der Waals surface area contributed by atoms with Crippen LogP contribution >= 0.6 is 0 Å². The van der Waals surface area contributed by atoms with E-state index in [0.29, 0.717) is 31.7 Å². The van der Waals surface area contributed by atoms with Gasteiger partial charge in [-0.3, -0.25) is 14.6 Å². The minimum absolute atomic E-state index is 0.113. The van der Waals surface area contributed by atoms with Gasteiger partial charge in [0, 0.05) is 25.2 Å². The Morgan fingerprint density at radius 1 is 1.33 bits per heavy atom. The zero-order valence-corrected chi connectivity index (χ0v) is 10.3. The zero-order chi connectivity index (χ0) is 12.7. The van der Waals surface area contributed by atoms with Gasteiger partial charge in [-0.05, 0) is 25.7 Å². The van der Waals surface area contributed by atoms with Crippen LogP contribution in [0, 0.1) is 0 Å². The van der Waals surface area contributed by atoms with Gasteiger partial charge in [-0.25, -0.2) is 4.79 Å². The molecule has 3 saturated heterocycles. The first kappa shape index (κ1) is 11.9. The summed E-state index contributed by atoms with van der Waals surface area (Å²) in [6.45, 7) is 1.34. The number of amides is 3. The van der Waals surface area contributed by atoms with Crippen LogP contribution in [-0.2, 0) is 4.79 Å². The van der Waals surface area contributed by atoms with Crippen LogP contribution < -0.4 is 5.32 Å². The van der Waals surface area contributed by atoms with Crippen LogP contribution in [0.2, 0.25) is 0 Å². The van der Waals surface area contributed by atoms with E-state index in [1.807, 2.05) is 0 Å². The smallest absolute Gasteiger partial charge is 0.324 e. The molecule has 0 spiro atoms. The van der Waals surface area contributed by atoms with Gasteiger partial charge in [0.15, 0.2) is 0 Å². The lowest BCUT2D eigenvalue weighted by molar-refractivity contribution is -0.130. The number of hydrogen-bond acceptors (Lipinski definition) is 4. The maximum atomic E-state index is 12.1. The third-order valence-electron chi connectivity index (χ3n) is 4.34. The Morgan fingerprint density at radius 2 is 2.00 bits per heavy atom. The molecule has 0 saturated carbocycles. The van der Waals surface area contributed by atoms with Crippen molar-refractivity contribution in [3.8, 4) is 0 Å². The molecular weight excluding hydrogens is 234 g/mol. The van der Waals surface area contributed by atoms with Crippen LogP contribution in [0.5, 0.6) is 0 Å². The molecule has 2 bridgehead atoms. The van der Waals surface area contributed by atoms with Gasteiger partial charge in [0.2, 0.25) is 5.91 Å². The third-order valence-corrected chi connectivity index (χ3v) is 4.34. The van der Waals surface area contributed by atoms with Crippen molar-refractivity contribution in [2.75, 3.05) is 19.6 Å². The lowest BCUT2D eigenvalue weighted by Crippen LogP contribution is -2.50. The molecule has 0 radical (unpaired) electrons. The molecule has 2 unspecified atom stereocenters. The van der Waals surface area contributed by atoms with E-state index in [9.17, 15) is 14.7 Å². The predicted octanol–water partition coefficient (Wildman–Crippen LogP) is -0.474. The summed E-state index contributed by atoms with van der Waals surface area (Å²) in [6.07, 6.45) is 3.41. The van der Waals surface area contributed by atoms with Crippen LogP contribution in [0.3, 0.4) is 0 Å². The number of rotatable bonds is 2. The van der Waals surface area contributed by atoms with E-state index < -0.39 is 0 Å². The number of fused-ring (bicyclic) bond motifs is 2. The number of aliphatic hydroxyl groups is 1. The topological polar surface area (TPSA) is 72.9 Å². The fraction of sp³-hybridized carbons (Fsp3) is 0.833. The number of aliphatic hydroxyl groups excluding tert-OH is 1. The fourth-order valence-corrected chi connectivity index (χ4v) is 3.45. The number of hydrogen-bond donors (Lipinski definition) is 2. The highest BCUT2D eigenvalue weighted by molar-refractivity contribution is 5.96. The number of nitrogens with zero attached hydrogens (tertiary/aromatic N) is 2. The Hall–Kier alpha value is -1.14. The highest BCUT2D eigenvalue weighted by atomic mass is 16.3. The quantitative estimate of drug-likeness (QED) is 0.697. The number of carbonyl (C=O) groups is 2. The van der Waals surface area contributed by atoms with Gasteiger partial charge in [-0.2, -0.15) is 0 Å². The van der Waals surface area contributed by atoms with Gasteiger partial charge >= 0.3 is 6.03 Å². The first-order valence-electron chi connectivity index (χ1n) is 6.67. The number of urea groups is 1. The van der Waals surface area contributed by atoms with Gasteiger partial charge in [0.05, 0.1) is 12.6 Å². The van der Waals surface area contributed by atoms with E-state index in [0.717, 1.165) is 25.7 Å². The van der Waals surface area contributed by atoms with Crippen LogP contribution in [-0.4, -0.2) is 64.7 Å². The summed E-state index contributed by atoms with van der Waals surface area (Å²) in [5.74, 6) is -0.113. The molecule has 3 heterocycles. The Balaban J connectivity index is 1.63. The summed E-state index contributed by atoms with van der Waals surface area (Å²) < 4.78 is 0. The highest BCUT2D eigenvalue weighted by Gasteiger charge is 2.42. The van der Waals surface area contributed by atoms with Crippen LogP contribution in [0.4, 0.5) is 4.79 Å². The highest BCUT2D eigenvalue weighted by Crippen LogP contribution is 2.35. The molecule has 0 aliphatic carbocycles. The average molecular weight is 253 g/mol. The van der Waals surface area contributed by atoms with Gasteiger partial charge in [-0.1, -0.05) is 0 Å². The van der Waals surface area contributed by atoms with Crippen molar-refractivity contribution >= 4 is 11.9 Å². The standard InChI is InChI=1S/C12H19N3O3/c16-10-5-8-1-2-9(6-10)15(8)7-11(17)14-4-3-13-12(14)18/h8-10,16H,1-7H2,(H,13,18). The first-order valence-corrected chi connectivity index (χ1v) is 6.67. The van der Waals surface area contributed by atoms with E-state index in [1.54, 1.807) is 0 Å². The van der Waals surface area contributed by atoms with Crippen molar-refractivity contribution in [2.24, 2.45) is 0 Å². The Labute approximate surface area is 106 Å². The third kappa shape index (κ3) is 1.99. The van der Waals surface area contributed by atoms with Crippen molar-refractivity contribution in [1.82, 2.24) is 15.1 Å². The number of carbonyl (C=O) groups excluding carboxylic acids is 2. The summed E-state index contributed by atoms with van der Waals surface area (Å²) >= 11 is 0. The van der Waals surface area contributed by atoms with E-state index in [-0.39, 0.29) is 18.0 Å². The number of imide groups is 1. The molecule has 0 aromatic rings. The molecule has 6 heteroatoms. The van der Waals surface area contributed by atoms with Crippen molar-refractivity contribution in [3.63, 3.8) is 0 Å². The predicted molar refractivity (Wildman–Crippen MR) is 63.9 cm³/mol. The molecule has 100 valence electrons. The van der Waals surface area contributed by atoms with E-state index in [1.165, 1.54) is 4.90 Å². The Morgan fingerprint density at radius 3 is 2.56 bits per heavy atom. The molecule has 2 atom stereocenters. The Bertz CT molecular complexity index is 360. The molecule has 3 fully saturated rings.